The van der Waals surface area contributed by atoms with Gasteiger partial charge in [0.05, 0.1) is 50.5 Å². The van der Waals surface area contributed by atoms with Gasteiger partial charge >= 0.3 is 11.9 Å². The molecule has 172 valence electrons. The van der Waals surface area contributed by atoms with Gasteiger partial charge in [-0.3, -0.25) is 0 Å². The van der Waals surface area contributed by atoms with E-state index in [-0.39, 0.29) is 22.6 Å². The number of hydrogen-bond donors (Lipinski definition) is 0. The lowest BCUT2D eigenvalue weighted by Crippen LogP contribution is -2.31. The van der Waals surface area contributed by atoms with Crippen molar-refractivity contribution in [2.24, 2.45) is 0 Å². The van der Waals surface area contributed by atoms with Crippen LogP contribution in [0.4, 0.5) is 0 Å². The normalized spacial score (nSPS) is 16.4. The van der Waals surface area contributed by atoms with E-state index in [1.807, 2.05) is 0 Å². The minimum atomic E-state index is -4.07. The quantitative estimate of drug-likeness (QED) is 0.577. The smallest absolute Gasteiger partial charge is 0.337 e. The van der Waals surface area contributed by atoms with Gasteiger partial charge in [-0.1, -0.05) is 6.07 Å². The summed E-state index contributed by atoms with van der Waals surface area (Å²) in [5, 5.41) is 0. The Hall–Kier alpha value is -3.11. The van der Waals surface area contributed by atoms with Crippen LogP contribution >= 0.6 is 0 Å². The van der Waals surface area contributed by atoms with Crippen LogP contribution in [0.1, 0.15) is 45.2 Å². The summed E-state index contributed by atoms with van der Waals surface area (Å²) in [6.45, 7) is 0.276. The fourth-order valence-corrected chi connectivity index (χ4v) is 5.53. The highest BCUT2D eigenvalue weighted by atomic mass is 32.2. The second-order valence-corrected chi connectivity index (χ2v) is 9.00. The van der Waals surface area contributed by atoms with Gasteiger partial charge in [0, 0.05) is 18.2 Å². The highest BCUT2D eigenvalue weighted by Crippen LogP contribution is 2.41. The Morgan fingerprint density at radius 1 is 0.906 bits per heavy atom. The third-order valence-electron chi connectivity index (χ3n) is 5.36. The zero-order valence-corrected chi connectivity index (χ0v) is 19.1. The highest BCUT2D eigenvalue weighted by molar-refractivity contribution is 7.89. The molecular weight excluding hydrogens is 438 g/mol. The Morgan fingerprint density at radius 3 is 2.06 bits per heavy atom. The Kier molecular flexibility index (Phi) is 7.05. The van der Waals surface area contributed by atoms with E-state index in [2.05, 4.69) is 0 Å². The first kappa shape index (κ1) is 23.6. The second-order valence-electron chi connectivity index (χ2n) is 7.11. The van der Waals surface area contributed by atoms with Crippen molar-refractivity contribution in [2.75, 3.05) is 35.0 Å². The molecule has 32 heavy (non-hydrogen) atoms. The summed E-state index contributed by atoms with van der Waals surface area (Å²) in [6, 6.07) is 8.39. The van der Waals surface area contributed by atoms with E-state index in [4.69, 9.17) is 18.9 Å². The zero-order valence-electron chi connectivity index (χ0n) is 18.3. The molecule has 9 nitrogen and oxygen atoms in total. The summed E-state index contributed by atoms with van der Waals surface area (Å²) in [5.41, 5.74) is 0.574. The number of nitrogens with zero attached hydrogens (tertiary/aromatic N) is 1. The molecule has 2 aromatic rings. The monoisotopic (exact) mass is 463 g/mol. The highest BCUT2D eigenvalue weighted by Gasteiger charge is 2.38. The van der Waals surface area contributed by atoms with Crippen LogP contribution in [0.25, 0.3) is 0 Å². The molecule has 0 N–H and O–H groups in total. The molecule has 1 unspecified atom stereocenters. The summed E-state index contributed by atoms with van der Waals surface area (Å²) in [4.78, 5) is 24.0. The molecule has 2 aromatic carbocycles. The Morgan fingerprint density at radius 2 is 1.53 bits per heavy atom. The minimum Gasteiger partial charge on any atom is -0.497 e. The van der Waals surface area contributed by atoms with Crippen molar-refractivity contribution in [3.05, 3.63) is 53.1 Å². The molecule has 1 saturated heterocycles. The fourth-order valence-electron chi connectivity index (χ4n) is 3.79. The standard InChI is InChI=1S/C22H25NO8S/c1-28-16-7-8-18(20(13-16)29-2)19-6-5-9-23(19)32(26,27)17-11-14(21(24)30-3)10-15(12-17)22(25)31-4/h7-8,10-13,19H,5-6,9H2,1-4H3. The molecule has 3 rings (SSSR count). The molecule has 0 aromatic heterocycles. The van der Waals surface area contributed by atoms with E-state index in [1.165, 1.54) is 50.9 Å². The van der Waals surface area contributed by atoms with Gasteiger partial charge in [0.15, 0.2) is 0 Å². The number of rotatable bonds is 7. The zero-order chi connectivity index (χ0) is 23.5. The van der Waals surface area contributed by atoms with Crippen molar-refractivity contribution in [1.29, 1.82) is 0 Å². The van der Waals surface area contributed by atoms with Crippen molar-refractivity contribution in [3.8, 4) is 11.5 Å². The van der Waals surface area contributed by atoms with Crippen LogP contribution < -0.4 is 9.47 Å². The first-order valence-electron chi connectivity index (χ1n) is 9.82. The second kappa shape index (κ2) is 9.58. The molecular formula is C22H25NO8S. The minimum absolute atomic E-state index is 0.0632. The van der Waals surface area contributed by atoms with Gasteiger partial charge in [-0.2, -0.15) is 4.31 Å². The lowest BCUT2D eigenvalue weighted by atomic mass is 10.0. The van der Waals surface area contributed by atoms with E-state index >= 15 is 0 Å². The summed E-state index contributed by atoms with van der Waals surface area (Å²) in [5.74, 6) is -0.425. The van der Waals surface area contributed by atoms with E-state index in [9.17, 15) is 18.0 Å². The number of hydrogen-bond acceptors (Lipinski definition) is 8. The van der Waals surface area contributed by atoms with E-state index in [0.717, 1.165) is 0 Å². The maximum atomic E-state index is 13.6. The average molecular weight is 464 g/mol. The number of carbonyl (C=O) groups is 2. The van der Waals surface area contributed by atoms with Gasteiger partial charge in [-0.25, -0.2) is 18.0 Å². The summed E-state index contributed by atoms with van der Waals surface area (Å²) >= 11 is 0. The number of esters is 2. The van der Waals surface area contributed by atoms with E-state index < -0.39 is 28.0 Å². The Labute approximate surface area is 186 Å². The first-order valence-corrected chi connectivity index (χ1v) is 11.3. The van der Waals surface area contributed by atoms with Crippen LogP contribution in [0, 0.1) is 0 Å². The molecule has 0 spiro atoms. The van der Waals surface area contributed by atoms with Crippen molar-refractivity contribution in [1.82, 2.24) is 4.31 Å². The van der Waals surface area contributed by atoms with Crippen LogP contribution in [0.15, 0.2) is 41.3 Å². The molecule has 0 saturated carbocycles. The first-order chi connectivity index (χ1) is 15.3. The van der Waals surface area contributed by atoms with Gasteiger partial charge in [-0.05, 0) is 37.1 Å². The molecule has 1 aliphatic heterocycles. The lowest BCUT2D eigenvalue weighted by Gasteiger charge is -2.26. The molecule has 1 fully saturated rings. The fraction of sp³-hybridized carbons (Fsp3) is 0.364. The topological polar surface area (TPSA) is 108 Å². The molecule has 0 bridgehead atoms. The lowest BCUT2D eigenvalue weighted by molar-refractivity contribution is 0.0598. The maximum Gasteiger partial charge on any atom is 0.337 e. The number of methoxy groups -OCH3 is 4. The predicted octanol–water partition coefficient (Wildman–Crippen LogP) is 2.80. The maximum absolute atomic E-state index is 13.6. The van der Waals surface area contributed by atoms with E-state index in [1.54, 1.807) is 18.2 Å². The number of sulfonamides is 1. The van der Waals surface area contributed by atoms with Crippen molar-refractivity contribution < 1.29 is 37.0 Å². The molecule has 10 heteroatoms. The molecule has 1 heterocycles. The molecule has 1 aliphatic rings. The molecule has 0 amide bonds. The van der Waals surface area contributed by atoms with Crippen LogP contribution in [0.3, 0.4) is 0 Å². The Balaban J connectivity index is 2.09. The van der Waals surface area contributed by atoms with Crippen molar-refractivity contribution in [3.63, 3.8) is 0 Å². The van der Waals surface area contributed by atoms with Crippen LogP contribution in [-0.2, 0) is 19.5 Å². The van der Waals surface area contributed by atoms with Gasteiger partial charge in [0.25, 0.3) is 0 Å². The average Bonchev–Trinajstić information content (AvgIpc) is 3.32. The third kappa shape index (κ3) is 4.42. The van der Waals surface area contributed by atoms with Crippen LogP contribution in [0.2, 0.25) is 0 Å². The number of benzene rings is 2. The number of carbonyl (C=O) groups excluding carboxylic acids is 2. The molecule has 0 radical (unpaired) electrons. The third-order valence-corrected chi connectivity index (χ3v) is 7.24. The number of ether oxygens (including phenoxy) is 4. The summed E-state index contributed by atoms with van der Waals surface area (Å²) < 4.78 is 48.7. The van der Waals surface area contributed by atoms with Gasteiger partial charge in [-0.15, -0.1) is 0 Å². The Bertz CT molecular complexity index is 1090. The van der Waals surface area contributed by atoms with Crippen LogP contribution in [0.5, 0.6) is 11.5 Å². The summed E-state index contributed by atoms with van der Waals surface area (Å²) in [7, 11) is 1.32. The predicted molar refractivity (Wildman–Crippen MR) is 115 cm³/mol. The van der Waals surface area contributed by atoms with Crippen LogP contribution in [-0.4, -0.2) is 59.6 Å². The van der Waals surface area contributed by atoms with Gasteiger partial charge in [0.2, 0.25) is 10.0 Å². The van der Waals surface area contributed by atoms with Gasteiger partial charge in [0.1, 0.15) is 11.5 Å². The van der Waals surface area contributed by atoms with Crippen molar-refractivity contribution >= 4 is 22.0 Å². The molecule has 1 atom stereocenters. The molecule has 0 aliphatic carbocycles. The van der Waals surface area contributed by atoms with E-state index in [0.29, 0.717) is 29.9 Å². The van der Waals surface area contributed by atoms with Crippen molar-refractivity contribution in [2.45, 2.75) is 23.8 Å². The SMILES string of the molecule is COC(=O)c1cc(C(=O)OC)cc(S(=O)(=O)N2CCCC2c2ccc(OC)cc2OC)c1. The largest absolute Gasteiger partial charge is 0.497 e. The summed E-state index contributed by atoms with van der Waals surface area (Å²) in [6.07, 6.45) is 1.22. The van der Waals surface area contributed by atoms with Gasteiger partial charge < -0.3 is 18.9 Å².